The molecule has 1 aromatic carbocycles. The number of benzene rings is 1. The fourth-order valence-corrected chi connectivity index (χ4v) is 2.23. The van der Waals surface area contributed by atoms with E-state index in [-0.39, 0.29) is 0 Å². The second-order valence-electron chi connectivity index (χ2n) is 4.90. The van der Waals surface area contributed by atoms with Crippen LogP contribution in [0.4, 0.5) is 0 Å². The van der Waals surface area contributed by atoms with Crippen molar-refractivity contribution in [2.75, 3.05) is 7.05 Å². The highest BCUT2D eigenvalue weighted by Crippen LogP contribution is 2.15. The van der Waals surface area contributed by atoms with Crippen LogP contribution >= 0.6 is 0 Å². The second kappa shape index (κ2) is 5.87. The van der Waals surface area contributed by atoms with Gasteiger partial charge in [-0.2, -0.15) is 0 Å². The van der Waals surface area contributed by atoms with E-state index < -0.39 is 0 Å². The van der Waals surface area contributed by atoms with Crippen molar-refractivity contribution in [3.8, 4) is 0 Å². The molecule has 1 aromatic heterocycles. The van der Waals surface area contributed by atoms with Gasteiger partial charge in [-0.05, 0) is 50.6 Å². The van der Waals surface area contributed by atoms with E-state index in [0.29, 0.717) is 6.04 Å². The van der Waals surface area contributed by atoms with Crippen molar-refractivity contribution in [3.63, 3.8) is 0 Å². The zero-order valence-electron chi connectivity index (χ0n) is 11.4. The van der Waals surface area contributed by atoms with Crippen LogP contribution in [0.2, 0.25) is 0 Å². The van der Waals surface area contributed by atoms with Crippen LogP contribution in [0.3, 0.4) is 0 Å². The highest BCUT2D eigenvalue weighted by Gasteiger charge is 2.11. The van der Waals surface area contributed by atoms with Gasteiger partial charge >= 0.3 is 0 Å². The monoisotopic (exact) mass is 243 g/mol. The van der Waals surface area contributed by atoms with Gasteiger partial charge in [0.2, 0.25) is 0 Å². The Morgan fingerprint density at radius 3 is 2.67 bits per heavy atom. The third kappa shape index (κ3) is 3.23. The first kappa shape index (κ1) is 12.9. The summed E-state index contributed by atoms with van der Waals surface area (Å²) in [7, 11) is 2.01. The normalized spacial score (nSPS) is 12.6. The number of furan rings is 1. The lowest BCUT2D eigenvalue weighted by molar-refractivity contribution is 0.456. The third-order valence-corrected chi connectivity index (χ3v) is 3.41. The Kier molecular flexibility index (Phi) is 4.21. The van der Waals surface area contributed by atoms with Crippen molar-refractivity contribution in [2.45, 2.75) is 32.7 Å². The third-order valence-electron chi connectivity index (χ3n) is 3.41. The molecule has 0 aliphatic carbocycles. The maximum absolute atomic E-state index is 5.42. The van der Waals surface area contributed by atoms with E-state index in [2.05, 4.69) is 37.4 Å². The molecule has 2 heteroatoms. The molecule has 0 saturated carbocycles. The lowest BCUT2D eigenvalue weighted by Gasteiger charge is -2.17. The van der Waals surface area contributed by atoms with Crippen molar-refractivity contribution in [3.05, 3.63) is 59.0 Å². The van der Waals surface area contributed by atoms with Gasteiger partial charge in [-0.1, -0.05) is 23.8 Å². The van der Waals surface area contributed by atoms with E-state index in [9.17, 15) is 0 Å². The van der Waals surface area contributed by atoms with Crippen LogP contribution in [0.25, 0.3) is 0 Å². The molecular formula is C16H21NO. The number of nitrogens with one attached hydrogen (secondary N) is 1. The van der Waals surface area contributed by atoms with Gasteiger partial charge < -0.3 is 9.73 Å². The number of rotatable bonds is 5. The first-order valence-corrected chi connectivity index (χ1v) is 6.45. The van der Waals surface area contributed by atoms with E-state index in [4.69, 9.17) is 4.42 Å². The van der Waals surface area contributed by atoms with Gasteiger partial charge in [0.15, 0.2) is 0 Å². The Bertz CT molecular complexity index is 488. The molecule has 2 aromatic rings. The van der Waals surface area contributed by atoms with Crippen LogP contribution in [0.15, 0.2) is 41.0 Å². The fourth-order valence-electron chi connectivity index (χ4n) is 2.23. The minimum atomic E-state index is 0.414. The number of hydrogen-bond donors (Lipinski definition) is 1. The Morgan fingerprint density at radius 1 is 1.17 bits per heavy atom. The van der Waals surface area contributed by atoms with Crippen molar-refractivity contribution in [1.29, 1.82) is 0 Å². The quantitative estimate of drug-likeness (QED) is 0.872. The summed E-state index contributed by atoms with van der Waals surface area (Å²) in [5.74, 6) is 1.04. The van der Waals surface area contributed by atoms with Crippen LogP contribution in [0.5, 0.6) is 0 Å². The van der Waals surface area contributed by atoms with Gasteiger partial charge in [-0.25, -0.2) is 0 Å². The minimum Gasteiger partial charge on any atom is -0.469 e. The van der Waals surface area contributed by atoms with Gasteiger partial charge in [-0.15, -0.1) is 0 Å². The van der Waals surface area contributed by atoms with Gasteiger partial charge in [0.05, 0.1) is 6.26 Å². The molecule has 1 atom stereocenters. The highest BCUT2D eigenvalue weighted by atomic mass is 16.3. The first-order valence-electron chi connectivity index (χ1n) is 6.45. The first-order chi connectivity index (χ1) is 8.69. The molecule has 0 fully saturated rings. The largest absolute Gasteiger partial charge is 0.469 e. The molecule has 0 aliphatic rings. The molecule has 0 spiro atoms. The van der Waals surface area contributed by atoms with Crippen molar-refractivity contribution >= 4 is 0 Å². The Labute approximate surface area is 109 Å². The standard InChI is InChI=1S/C16H21NO/c1-12-6-7-13(2)14(9-12)10-15(17-3)11-16-5-4-8-18-16/h4-9,15,17H,10-11H2,1-3H3. The van der Waals surface area contributed by atoms with Crippen LogP contribution in [-0.2, 0) is 12.8 Å². The van der Waals surface area contributed by atoms with Gasteiger partial charge in [0, 0.05) is 12.5 Å². The molecule has 1 heterocycles. The van der Waals surface area contributed by atoms with Gasteiger partial charge in [-0.3, -0.25) is 0 Å². The Morgan fingerprint density at radius 2 is 2.00 bits per heavy atom. The fraction of sp³-hybridized carbons (Fsp3) is 0.375. The predicted molar refractivity (Wildman–Crippen MR) is 74.9 cm³/mol. The zero-order chi connectivity index (χ0) is 13.0. The van der Waals surface area contributed by atoms with E-state index in [1.165, 1.54) is 16.7 Å². The molecule has 1 N–H and O–H groups in total. The molecule has 2 rings (SSSR count). The summed E-state index contributed by atoms with van der Waals surface area (Å²) in [5.41, 5.74) is 4.10. The van der Waals surface area contributed by atoms with E-state index in [1.807, 2.05) is 19.2 Å². The van der Waals surface area contributed by atoms with Gasteiger partial charge in [0.1, 0.15) is 5.76 Å². The summed E-state index contributed by atoms with van der Waals surface area (Å²) in [4.78, 5) is 0. The number of hydrogen-bond acceptors (Lipinski definition) is 2. The average Bonchev–Trinajstić information content (AvgIpc) is 2.85. The summed E-state index contributed by atoms with van der Waals surface area (Å²) in [6, 6.07) is 11.0. The SMILES string of the molecule is CNC(Cc1ccco1)Cc1cc(C)ccc1C. The molecule has 18 heavy (non-hydrogen) atoms. The predicted octanol–water partition coefficient (Wildman–Crippen LogP) is 3.27. The van der Waals surface area contributed by atoms with Crippen molar-refractivity contribution in [2.24, 2.45) is 0 Å². The molecule has 0 radical (unpaired) electrons. The number of likely N-dealkylation sites (N-methyl/N-ethyl adjacent to an activating group) is 1. The summed E-state index contributed by atoms with van der Waals surface area (Å²) >= 11 is 0. The van der Waals surface area contributed by atoms with Crippen molar-refractivity contribution < 1.29 is 4.42 Å². The van der Waals surface area contributed by atoms with Crippen LogP contribution in [0, 0.1) is 13.8 Å². The van der Waals surface area contributed by atoms with E-state index >= 15 is 0 Å². The van der Waals surface area contributed by atoms with Crippen LogP contribution < -0.4 is 5.32 Å². The minimum absolute atomic E-state index is 0.414. The van der Waals surface area contributed by atoms with Crippen LogP contribution in [0.1, 0.15) is 22.5 Å². The molecule has 1 unspecified atom stereocenters. The zero-order valence-corrected chi connectivity index (χ0v) is 11.4. The molecule has 0 bridgehead atoms. The van der Waals surface area contributed by atoms with E-state index in [1.54, 1.807) is 6.26 Å². The van der Waals surface area contributed by atoms with Crippen molar-refractivity contribution in [1.82, 2.24) is 5.32 Å². The average molecular weight is 243 g/mol. The van der Waals surface area contributed by atoms with E-state index in [0.717, 1.165) is 18.6 Å². The lowest BCUT2D eigenvalue weighted by atomic mass is 9.97. The summed E-state index contributed by atoms with van der Waals surface area (Å²) in [6.07, 6.45) is 3.70. The smallest absolute Gasteiger partial charge is 0.105 e. The van der Waals surface area contributed by atoms with Gasteiger partial charge in [0.25, 0.3) is 0 Å². The molecule has 0 aliphatic heterocycles. The molecule has 2 nitrogen and oxygen atoms in total. The number of aryl methyl sites for hydroxylation is 2. The Balaban J connectivity index is 2.07. The molecular weight excluding hydrogens is 222 g/mol. The topological polar surface area (TPSA) is 25.2 Å². The molecule has 0 saturated heterocycles. The lowest BCUT2D eigenvalue weighted by Crippen LogP contribution is -2.30. The summed E-state index contributed by atoms with van der Waals surface area (Å²) in [6.45, 7) is 4.32. The second-order valence-corrected chi connectivity index (χ2v) is 4.90. The highest BCUT2D eigenvalue weighted by molar-refractivity contribution is 5.31. The molecule has 0 amide bonds. The van der Waals surface area contributed by atoms with Crippen LogP contribution in [-0.4, -0.2) is 13.1 Å². The summed E-state index contributed by atoms with van der Waals surface area (Å²) in [5, 5.41) is 3.38. The summed E-state index contributed by atoms with van der Waals surface area (Å²) < 4.78 is 5.42. The maximum Gasteiger partial charge on any atom is 0.105 e. The maximum atomic E-state index is 5.42. The Hall–Kier alpha value is -1.54. The molecule has 96 valence electrons.